The topological polar surface area (TPSA) is 79.1 Å². The van der Waals surface area contributed by atoms with Crippen molar-refractivity contribution in [2.45, 2.75) is 13.0 Å². The van der Waals surface area contributed by atoms with Crippen LogP contribution in [0.15, 0.2) is 146 Å². The third-order valence-electron chi connectivity index (χ3n) is 7.64. The van der Waals surface area contributed by atoms with Gasteiger partial charge in [0.25, 0.3) is 0 Å². The van der Waals surface area contributed by atoms with Gasteiger partial charge in [-0.1, -0.05) is 121 Å². The fourth-order valence-electron chi connectivity index (χ4n) is 5.69. The third-order valence-corrected chi connectivity index (χ3v) is 12.1. The largest absolute Gasteiger partial charge is 0.497 e. The Morgan fingerprint density at radius 2 is 1.20 bits per heavy atom. The quantitative estimate of drug-likeness (QED) is 0.147. The number of ether oxygens (including phenoxy) is 2. The minimum absolute atomic E-state index is 0.199. The molecule has 0 spiro atoms. The number of tetrazole rings is 1. The van der Waals surface area contributed by atoms with Gasteiger partial charge in [-0.05, 0) is 64.8 Å². The normalized spacial score (nSPS) is 11.9. The van der Waals surface area contributed by atoms with Crippen molar-refractivity contribution in [2.75, 3.05) is 13.7 Å². The average molecular weight is 613 g/mol. The Kier molecular flexibility index (Phi) is 8.99. The second-order valence-electron chi connectivity index (χ2n) is 10.2. The lowest BCUT2D eigenvalue weighted by Gasteiger charge is -2.35. The molecule has 0 saturated heterocycles. The maximum absolute atomic E-state index is 14.4. The summed E-state index contributed by atoms with van der Waals surface area (Å²) in [5.41, 5.74) is 1.64. The smallest absolute Gasteiger partial charge is 0.337 e. The molecule has 6 aromatic rings. The molecule has 0 aliphatic rings. The van der Waals surface area contributed by atoms with Gasteiger partial charge in [0.05, 0.1) is 13.7 Å². The van der Waals surface area contributed by atoms with Crippen LogP contribution in [0.4, 0.5) is 0 Å². The van der Waals surface area contributed by atoms with Crippen LogP contribution in [0.3, 0.4) is 0 Å². The number of carbonyl (C=O) groups excluding carboxylic acids is 1. The van der Waals surface area contributed by atoms with Crippen LogP contribution in [0.1, 0.15) is 18.5 Å². The van der Waals surface area contributed by atoms with E-state index in [-0.39, 0.29) is 6.61 Å². The van der Waals surface area contributed by atoms with Crippen LogP contribution >= 0.6 is 6.89 Å². The SMILES string of the molecule is CCOC(=O)C(C(c1ccccc1)=P(c1ccccc1)(c1ccccc1)c1ccccc1)n1nnc(-c2ccc(OC)cc2)n1. The maximum Gasteiger partial charge on any atom is 0.337 e. The van der Waals surface area contributed by atoms with Crippen molar-refractivity contribution in [3.63, 3.8) is 0 Å². The molecule has 8 heteroatoms. The van der Waals surface area contributed by atoms with Gasteiger partial charge in [0, 0.05) is 10.9 Å². The molecule has 1 atom stereocenters. The Balaban J connectivity index is 1.77. The highest BCUT2D eigenvalue weighted by atomic mass is 31.2. The second kappa shape index (κ2) is 13.6. The van der Waals surface area contributed by atoms with Crippen molar-refractivity contribution in [2.24, 2.45) is 0 Å². The van der Waals surface area contributed by atoms with E-state index in [1.54, 1.807) is 7.11 Å². The Morgan fingerprint density at radius 3 is 1.67 bits per heavy atom. The third kappa shape index (κ3) is 5.83. The first-order valence-electron chi connectivity index (χ1n) is 14.8. The average Bonchev–Trinajstić information content (AvgIpc) is 3.60. The fraction of sp³-hybridized carbons (Fsp3) is 0.108. The number of hydrogen-bond acceptors (Lipinski definition) is 6. The van der Waals surface area contributed by atoms with E-state index in [4.69, 9.17) is 14.6 Å². The van der Waals surface area contributed by atoms with Crippen molar-refractivity contribution in [1.82, 2.24) is 20.2 Å². The molecule has 5 aromatic carbocycles. The van der Waals surface area contributed by atoms with Crippen LogP contribution in [0.2, 0.25) is 0 Å². The standard InChI is InChI=1S/C37H33N4O3P/c1-3-44-37(42)34(41-39-36(38-40-41)29-24-26-30(43-2)27-25-29)35(28-16-8-4-9-17-28)45(31-18-10-5-11-19-31,32-20-12-6-13-21-32)33-22-14-7-15-23-33/h4-27,34H,3H2,1-2H3. The van der Waals surface area contributed by atoms with Gasteiger partial charge < -0.3 is 9.47 Å². The Hall–Kier alpha value is -5.26. The number of methoxy groups -OCH3 is 1. The summed E-state index contributed by atoms with van der Waals surface area (Å²) in [6.45, 7) is -0.780. The molecule has 45 heavy (non-hydrogen) atoms. The van der Waals surface area contributed by atoms with Gasteiger partial charge in [0.2, 0.25) is 5.82 Å². The van der Waals surface area contributed by atoms with E-state index in [9.17, 15) is 4.79 Å². The molecular formula is C37H33N4O3P. The minimum Gasteiger partial charge on any atom is -0.497 e. The molecule has 6 rings (SSSR count). The predicted octanol–water partition coefficient (Wildman–Crippen LogP) is 5.67. The summed E-state index contributed by atoms with van der Waals surface area (Å²) in [6, 6.07) is 47.7. The van der Waals surface area contributed by atoms with Crippen LogP contribution < -0.4 is 20.7 Å². The maximum atomic E-state index is 14.4. The number of carbonyl (C=O) groups is 1. The summed E-state index contributed by atoms with van der Waals surface area (Å²) in [7, 11) is 1.62. The molecule has 1 unspecified atom stereocenters. The molecule has 0 amide bonds. The van der Waals surface area contributed by atoms with Crippen LogP contribution in [0.25, 0.3) is 11.4 Å². The zero-order valence-electron chi connectivity index (χ0n) is 25.1. The van der Waals surface area contributed by atoms with Gasteiger partial charge in [-0.3, -0.25) is 0 Å². The second-order valence-corrected chi connectivity index (χ2v) is 13.6. The molecule has 0 aliphatic carbocycles. The highest BCUT2D eigenvalue weighted by Gasteiger charge is 2.40. The van der Waals surface area contributed by atoms with Gasteiger partial charge in [-0.2, -0.15) is 0 Å². The van der Waals surface area contributed by atoms with Crippen molar-refractivity contribution in [3.05, 3.63) is 151 Å². The zero-order chi connectivity index (χ0) is 31.1. The number of hydrogen-bond donors (Lipinski definition) is 0. The van der Waals surface area contributed by atoms with E-state index in [0.29, 0.717) is 5.82 Å². The summed E-state index contributed by atoms with van der Waals surface area (Å²) in [6.07, 6.45) is 0. The van der Waals surface area contributed by atoms with Gasteiger partial charge in [0.1, 0.15) is 5.75 Å². The number of benzene rings is 5. The van der Waals surface area contributed by atoms with Gasteiger partial charge in [-0.15, -0.1) is 15.0 Å². The Morgan fingerprint density at radius 1 is 0.711 bits per heavy atom. The lowest BCUT2D eigenvalue weighted by Crippen LogP contribution is -2.39. The predicted molar refractivity (Wildman–Crippen MR) is 181 cm³/mol. The van der Waals surface area contributed by atoms with Gasteiger partial charge in [-0.25, -0.2) is 4.79 Å². The lowest BCUT2D eigenvalue weighted by molar-refractivity contribution is -0.145. The van der Waals surface area contributed by atoms with Gasteiger partial charge >= 0.3 is 5.97 Å². The monoisotopic (exact) mass is 612 g/mol. The van der Waals surface area contributed by atoms with E-state index in [2.05, 4.69) is 46.7 Å². The van der Waals surface area contributed by atoms with Crippen LogP contribution in [0.5, 0.6) is 5.75 Å². The molecule has 0 radical (unpaired) electrons. The Labute approximate surface area is 263 Å². The van der Waals surface area contributed by atoms with E-state index in [1.807, 2.05) is 116 Å². The molecule has 0 fully saturated rings. The summed E-state index contributed by atoms with van der Waals surface area (Å²) in [4.78, 5) is 15.8. The lowest BCUT2D eigenvalue weighted by atomic mass is 10.1. The summed E-state index contributed by atoms with van der Waals surface area (Å²) in [5, 5.41) is 17.9. The summed E-state index contributed by atoms with van der Waals surface area (Å²) in [5.74, 6) is 0.656. The van der Waals surface area contributed by atoms with Crippen LogP contribution in [-0.2, 0) is 9.53 Å². The molecule has 1 heterocycles. The van der Waals surface area contributed by atoms with Crippen LogP contribution in [0, 0.1) is 0 Å². The van der Waals surface area contributed by atoms with E-state index < -0.39 is 18.9 Å². The molecule has 0 N–H and O–H groups in total. The highest BCUT2D eigenvalue weighted by Crippen LogP contribution is 2.50. The number of nitrogens with zero attached hydrogens (tertiary/aromatic N) is 4. The highest BCUT2D eigenvalue weighted by molar-refractivity contribution is 7.95. The van der Waals surface area contributed by atoms with Crippen molar-refractivity contribution in [3.8, 4) is 17.1 Å². The molecule has 0 aliphatic heterocycles. The molecule has 1 aromatic heterocycles. The van der Waals surface area contributed by atoms with Crippen LogP contribution in [-0.4, -0.2) is 45.2 Å². The Bertz CT molecular complexity index is 1810. The molecule has 224 valence electrons. The van der Waals surface area contributed by atoms with Crippen molar-refractivity contribution < 1.29 is 14.3 Å². The zero-order valence-corrected chi connectivity index (χ0v) is 26.0. The molecule has 0 bridgehead atoms. The first kappa shape index (κ1) is 29.8. The first-order chi connectivity index (χ1) is 22.2. The van der Waals surface area contributed by atoms with Crippen molar-refractivity contribution in [1.29, 1.82) is 0 Å². The van der Waals surface area contributed by atoms with Crippen molar-refractivity contribution >= 4 is 34.1 Å². The number of aromatic nitrogens is 4. The fourth-order valence-corrected chi connectivity index (χ4v) is 10.4. The molecular weight excluding hydrogens is 579 g/mol. The summed E-state index contributed by atoms with van der Waals surface area (Å²) >= 11 is 0. The first-order valence-corrected chi connectivity index (χ1v) is 16.5. The minimum atomic E-state index is -2.79. The summed E-state index contributed by atoms with van der Waals surface area (Å²) < 4.78 is 11.2. The van der Waals surface area contributed by atoms with E-state index in [1.165, 1.54) is 4.80 Å². The number of rotatable bonds is 10. The molecule has 0 saturated carbocycles. The van der Waals surface area contributed by atoms with E-state index >= 15 is 0 Å². The molecule has 7 nitrogen and oxygen atoms in total. The number of esters is 1. The van der Waals surface area contributed by atoms with E-state index in [0.717, 1.165) is 38.1 Å². The van der Waals surface area contributed by atoms with Gasteiger partial charge in [0.15, 0.2) is 6.04 Å².